The molecule has 1 aliphatic heterocycles. The summed E-state index contributed by atoms with van der Waals surface area (Å²) in [7, 11) is 0. The molecule has 0 radical (unpaired) electrons. The van der Waals surface area contributed by atoms with Gasteiger partial charge in [0.05, 0.1) is 0 Å². The van der Waals surface area contributed by atoms with Gasteiger partial charge in [-0.3, -0.25) is 10.2 Å². The Labute approximate surface area is 101 Å². The lowest BCUT2D eigenvalue weighted by Gasteiger charge is -2.44. The molecule has 92 valence electrons. The third-order valence-corrected chi connectivity index (χ3v) is 4.13. The SMILES string of the molecule is CC(C)C1=C2C(=CN(N)N1)C1CCC2CC1=O. The summed E-state index contributed by atoms with van der Waals surface area (Å²) in [6.07, 6.45) is 4.76. The van der Waals surface area contributed by atoms with Crippen molar-refractivity contribution >= 4 is 5.78 Å². The van der Waals surface area contributed by atoms with Gasteiger partial charge in [-0.15, -0.1) is 0 Å². The maximum Gasteiger partial charge on any atom is 0.141 e. The van der Waals surface area contributed by atoms with Crippen LogP contribution in [0.3, 0.4) is 0 Å². The zero-order valence-corrected chi connectivity index (χ0v) is 10.4. The number of carbonyl (C=O) groups is 1. The molecule has 4 rings (SSSR count). The third-order valence-electron chi connectivity index (χ3n) is 4.13. The first kappa shape index (κ1) is 10.8. The number of hydrogen-bond donors (Lipinski definition) is 2. The van der Waals surface area contributed by atoms with E-state index in [9.17, 15) is 4.79 Å². The molecular weight excluding hydrogens is 214 g/mol. The summed E-state index contributed by atoms with van der Waals surface area (Å²) in [5.41, 5.74) is 6.96. The molecule has 4 heteroatoms. The van der Waals surface area contributed by atoms with Gasteiger partial charge in [0.15, 0.2) is 0 Å². The number of nitrogens with one attached hydrogen (secondary N) is 1. The van der Waals surface area contributed by atoms with Gasteiger partial charge >= 0.3 is 0 Å². The zero-order valence-electron chi connectivity index (χ0n) is 10.4. The fourth-order valence-electron chi connectivity index (χ4n) is 3.37. The molecule has 4 nitrogen and oxygen atoms in total. The van der Waals surface area contributed by atoms with Gasteiger partial charge in [0, 0.05) is 24.2 Å². The van der Waals surface area contributed by atoms with Gasteiger partial charge in [0.25, 0.3) is 0 Å². The van der Waals surface area contributed by atoms with Crippen LogP contribution in [-0.2, 0) is 4.79 Å². The predicted molar refractivity (Wildman–Crippen MR) is 64.9 cm³/mol. The quantitative estimate of drug-likeness (QED) is 0.673. The topological polar surface area (TPSA) is 58.4 Å². The Morgan fingerprint density at radius 3 is 2.88 bits per heavy atom. The first-order valence-corrected chi connectivity index (χ1v) is 6.37. The molecule has 2 atom stereocenters. The van der Waals surface area contributed by atoms with Crippen molar-refractivity contribution in [2.24, 2.45) is 23.6 Å². The molecule has 0 aromatic carbocycles. The highest BCUT2D eigenvalue weighted by molar-refractivity contribution is 5.89. The number of allylic oxidation sites excluding steroid dienone is 3. The van der Waals surface area contributed by atoms with Gasteiger partial charge in [-0.05, 0) is 35.8 Å². The van der Waals surface area contributed by atoms with E-state index in [1.165, 1.54) is 22.0 Å². The van der Waals surface area contributed by atoms with E-state index in [1.807, 2.05) is 6.20 Å². The lowest BCUT2D eigenvalue weighted by molar-refractivity contribution is -0.125. The van der Waals surface area contributed by atoms with E-state index in [0.29, 0.717) is 17.6 Å². The summed E-state index contributed by atoms with van der Waals surface area (Å²) in [6.45, 7) is 4.33. The fourth-order valence-corrected chi connectivity index (χ4v) is 3.37. The van der Waals surface area contributed by atoms with E-state index in [-0.39, 0.29) is 5.92 Å². The molecule has 3 fully saturated rings. The molecule has 0 spiro atoms. The van der Waals surface area contributed by atoms with Crippen LogP contribution in [-0.4, -0.2) is 10.9 Å². The average molecular weight is 233 g/mol. The van der Waals surface area contributed by atoms with Crippen molar-refractivity contribution < 1.29 is 4.79 Å². The minimum atomic E-state index is 0.0944. The molecule has 3 N–H and O–H groups in total. The van der Waals surface area contributed by atoms with E-state index in [4.69, 9.17) is 5.84 Å². The average Bonchev–Trinajstić information content (AvgIpc) is 2.27. The smallest absolute Gasteiger partial charge is 0.141 e. The molecular formula is C13H19N3O. The fraction of sp³-hybridized carbons (Fsp3) is 0.615. The largest absolute Gasteiger partial charge is 0.299 e. The highest BCUT2D eigenvalue weighted by Gasteiger charge is 2.44. The minimum Gasteiger partial charge on any atom is -0.299 e. The Balaban J connectivity index is 2.11. The lowest BCUT2D eigenvalue weighted by atomic mass is 9.63. The molecule has 0 aromatic heterocycles. The van der Waals surface area contributed by atoms with Crippen molar-refractivity contribution in [1.82, 2.24) is 10.5 Å². The van der Waals surface area contributed by atoms with Crippen molar-refractivity contribution in [3.05, 3.63) is 23.0 Å². The molecule has 3 aliphatic carbocycles. The van der Waals surface area contributed by atoms with Gasteiger partial charge in [0.2, 0.25) is 0 Å². The van der Waals surface area contributed by atoms with Crippen LogP contribution in [0.1, 0.15) is 33.1 Å². The van der Waals surface area contributed by atoms with Gasteiger partial charge in [-0.25, -0.2) is 11.0 Å². The molecule has 0 amide bonds. The molecule has 17 heavy (non-hydrogen) atoms. The zero-order chi connectivity index (χ0) is 12.2. The van der Waals surface area contributed by atoms with Crippen LogP contribution in [0.2, 0.25) is 0 Å². The summed E-state index contributed by atoms with van der Waals surface area (Å²) in [5, 5.41) is 1.50. The second-order valence-corrected chi connectivity index (χ2v) is 5.58. The maximum absolute atomic E-state index is 12.0. The second kappa shape index (κ2) is 3.60. The number of nitrogens with two attached hydrogens (primary N) is 1. The highest BCUT2D eigenvalue weighted by atomic mass is 16.1. The van der Waals surface area contributed by atoms with E-state index in [0.717, 1.165) is 19.3 Å². The van der Waals surface area contributed by atoms with Gasteiger partial charge in [0.1, 0.15) is 5.78 Å². The van der Waals surface area contributed by atoms with E-state index >= 15 is 0 Å². The predicted octanol–water partition coefficient (Wildman–Crippen LogP) is 1.47. The van der Waals surface area contributed by atoms with Crippen LogP contribution in [0.4, 0.5) is 0 Å². The van der Waals surface area contributed by atoms with Crippen LogP contribution >= 0.6 is 0 Å². The third kappa shape index (κ3) is 1.51. The molecule has 4 aliphatic rings. The van der Waals surface area contributed by atoms with Crippen molar-refractivity contribution in [2.45, 2.75) is 33.1 Å². The van der Waals surface area contributed by atoms with Crippen molar-refractivity contribution in [2.75, 3.05) is 0 Å². The second-order valence-electron chi connectivity index (χ2n) is 5.58. The van der Waals surface area contributed by atoms with Crippen molar-refractivity contribution in [1.29, 1.82) is 0 Å². The number of hydrazine groups is 2. The summed E-state index contributed by atoms with van der Waals surface area (Å²) < 4.78 is 0. The summed E-state index contributed by atoms with van der Waals surface area (Å²) in [6, 6.07) is 0. The van der Waals surface area contributed by atoms with Gasteiger partial charge < -0.3 is 0 Å². The van der Waals surface area contributed by atoms with E-state index < -0.39 is 0 Å². The maximum atomic E-state index is 12.0. The van der Waals surface area contributed by atoms with Crippen LogP contribution in [0.5, 0.6) is 0 Å². The highest BCUT2D eigenvalue weighted by Crippen LogP contribution is 2.49. The Hall–Kier alpha value is -1.29. The first-order chi connectivity index (χ1) is 8.08. The number of ketones is 1. The Morgan fingerprint density at radius 2 is 2.24 bits per heavy atom. The van der Waals surface area contributed by atoms with Crippen LogP contribution in [0.15, 0.2) is 23.0 Å². The number of nitrogens with zero attached hydrogens (tertiary/aromatic N) is 1. The Bertz CT molecular complexity index is 436. The summed E-state index contributed by atoms with van der Waals surface area (Å²) in [5.74, 6) is 7.17. The van der Waals surface area contributed by atoms with E-state index in [1.54, 1.807) is 0 Å². The standard InChI is InChI=1S/C13H19N3O/c1-7(2)13-12-8-3-4-9(11(17)5-8)10(12)6-16(14)15-13/h6-9,15H,3-5,14H2,1-2H3. The van der Waals surface area contributed by atoms with Gasteiger partial charge in [-0.1, -0.05) is 13.8 Å². The first-order valence-electron chi connectivity index (χ1n) is 6.37. The van der Waals surface area contributed by atoms with Crippen LogP contribution in [0.25, 0.3) is 0 Å². The number of hydrogen-bond acceptors (Lipinski definition) is 4. The summed E-state index contributed by atoms with van der Waals surface area (Å²) >= 11 is 0. The normalized spacial score (nSPS) is 31.6. The van der Waals surface area contributed by atoms with Gasteiger partial charge in [-0.2, -0.15) is 0 Å². The number of rotatable bonds is 1. The lowest BCUT2D eigenvalue weighted by Crippen LogP contribution is -2.48. The van der Waals surface area contributed by atoms with Crippen molar-refractivity contribution in [3.63, 3.8) is 0 Å². The Morgan fingerprint density at radius 1 is 1.47 bits per heavy atom. The summed E-state index contributed by atoms with van der Waals surface area (Å²) in [4.78, 5) is 12.0. The molecule has 0 saturated heterocycles. The molecule has 3 saturated carbocycles. The monoisotopic (exact) mass is 233 g/mol. The van der Waals surface area contributed by atoms with Crippen LogP contribution in [0, 0.1) is 17.8 Å². The molecule has 1 heterocycles. The molecule has 2 unspecified atom stereocenters. The van der Waals surface area contributed by atoms with Crippen molar-refractivity contribution in [3.8, 4) is 0 Å². The number of carbonyl (C=O) groups excluding carboxylic acids is 1. The number of Topliss-reactive ketones (excluding diaryl/α,β-unsaturated/α-hetero) is 1. The van der Waals surface area contributed by atoms with E-state index in [2.05, 4.69) is 19.3 Å². The molecule has 2 bridgehead atoms. The minimum absolute atomic E-state index is 0.0944. The van der Waals surface area contributed by atoms with Crippen LogP contribution < -0.4 is 11.3 Å². The number of fused-ring (bicyclic) bond motifs is 2. The molecule has 0 aromatic rings. The Kier molecular flexibility index (Phi) is 2.30.